The number of aliphatic hydroxyl groups excluding tert-OH is 1. The van der Waals surface area contributed by atoms with Gasteiger partial charge in [0.1, 0.15) is 17.8 Å². The lowest BCUT2D eigenvalue weighted by atomic mass is 9.85. The Hall–Kier alpha value is -3.78. The number of carbonyl (C=O) groups excluding carboxylic acids is 3. The van der Waals surface area contributed by atoms with E-state index >= 15 is 0 Å². The van der Waals surface area contributed by atoms with Crippen molar-refractivity contribution in [1.82, 2.24) is 25.8 Å². The highest BCUT2D eigenvalue weighted by Crippen LogP contribution is 2.40. The number of unbranched alkanes of at least 4 members (excludes halogenated alkanes) is 5. The first-order chi connectivity index (χ1) is 23.2. The lowest BCUT2D eigenvalue weighted by Gasteiger charge is -2.35. The molecule has 1 saturated carbocycles. The molecular formula is C35H50FN5O7S. The number of β-amino-alcohol motifs (C(OH)–C–C–N with tert-alkyl or cyclic N) is 1. The summed E-state index contributed by atoms with van der Waals surface area (Å²) in [6, 6.07) is 3.76. The summed E-state index contributed by atoms with van der Waals surface area (Å²) < 4.78 is 20.7. The number of hydrogen-bond donors (Lipinski definition) is 5. The van der Waals surface area contributed by atoms with E-state index in [0.29, 0.717) is 18.9 Å². The van der Waals surface area contributed by atoms with E-state index in [1.165, 1.54) is 16.2 Å². The Morgan fingerprint density at radius 3 is 2.43 bits per heavy atom. The molecule has 4 amide bonds. The number of nitrogens with one attached hydrogen (secondary N) is 3. The summed E-state index contributed by atoms with van der Waals surface area (Å²) in [4.78, 5) is 57.1. The third-order valence-electron chi connectivity index (χ3n) is 8.98. The van der Waals surface area contributed by atoms with Gasteiger partial charge < -0.3 is 35.8 Å². The summed E-state index contributed by atoms with van der Waals surface area (Å²) in [5, 5.41) is 27.0. The van der Waals surface area contributed by atoms with Crippen LogP contribution in [0.3, 0.4) is 0 Å². The molecule has 0 unspecified atom stereocenters. The number of alkyl halides is 1. The average Bonchev–Trinajstić information content (AvgIpc) is 3.45. The maximum atomic E-state index is 14.5. The number of likely N-dealkylation sites (tertiary alicyclic amines) is 1. The number of hydrogen-bond acceptors (Lipinski definition) is 8. The minimum absolute atomic E-state index is 0.0401. The van der Waals surface area contributed by atoms with Crippen LogP contribution in [0.2, 0.25) is 0 Å². The van der Waals surface area contributed by atoms with Crippen molar-refractivity contribution in [2.45, 2.75) is 116 Å². The van der Waals surface area contributed by atoms with Gasteiger partial charge in [-0.1, -0.05) is 58.6 Å². The van der Waals surface area contributed by atoms with Crippen molar-refractivity contribution in [3.63, 3.8) is 0 Å². The lowest BCUT2D eigenvalue weighted by Crippen LogP contribution is -2.59. The van der Waals surface area contributed by atoms with E-state index < -0.39 is 53.1 Å². The van der Waals surface area contributed by atoms with E-state index in [2.05, 4.69) is 20.9 Å². The fraction of sp³-hybridized carbons (Fsp3) is 0.629. The van der Waals surface area contributed by atoms with Gasteiger partial charge in [-0.25, -0.2) is 14.2 Å². The van der Waals surface area contributed by atoms with Gasteiger partial charge in [-0.15, -0.1) is 11.3 Å². The molecule has 2 aromatic rings. The van der Waals surface area contributed by atoms with Crippen LogP contribution in [0.15, 0.2) is 23.7 Å². The number of rotatable bonds is 17. The Balaban J connectivity index is 1.38. The maximum Gasteiger partial charge on any atom is 0.404 e. The third kappa shape index (κ3) is 10.6. The zero-order chi connectivity index (χ0) is 35.8. The molecule has 4 rings (SSSR count). The van der Waals surface area contributed by atoms with E-state index in [1.807, 2.05) is 25.1 Å². The molecule has 0 spiro atoms. The Bertz CT molecular complexity index is 1470. The first kappa shape index (κ1) is 38.0. The van der Waals surface area contributed by atoms with Gasteiger partial charge in [0.15, 0.2) is 5.67 Å². The van der Waals surface area contributed by atoms with Crippen LogP contribution < -0.4 is 20.7 Å². The van der Waals surface area contributed by atoms with Gasteiger partial charge in [-0.05, 0) is 49.7 Å². The summed E-state index contributed by atoms with van der Waals surface area (Å²) in [5.41, 5.74) is 1.67. The average molecular weight is 704 g/mol. The van der Waals surface area contributed by atoms with Crippen molar-refractivity contribution in [2.24, 2.45) is 5.41 Å². The van der Waals surface area contributed by atoms with E-state index in [-0.39, 0.29) is 32.4 Å². The quantitative estimate of drug-likeness (QED) is 0.148. The topological polar surface area (TPSA) is 170 Å². The largest absolute Gasteiger partial charge is 0.493 e. The fourth-order valence-corrected chi connectivity index (χ4v) is 6.69. The van der Waals surface area contributed by atoms with Gasteiger partial charge in [0.2, 0.25) is 11.8 Å². The van der Waals surface area contributed by atoms with Crippen LogP contribution in [-0.4, -0.2) is 87.5 Å². The van der Waals surface area contributed by atoms with Gasteiger partial charge in [0, 0.05) is 31.6 Å². The Labute approximate surface area is 291 Å². The highest BCUT2D eigenvalue weighted by Gasteiger charge is 2.53. The third-order valence-corrected chi connectivity index (χ3v) is 9.96. The number of amides is 4. The van der Waals surface area contributed by atoms with Gasteiger partial charge in [-0.2, -0.15) is 0 Å². The number of aliphatic hydroxyl groups is 1. The number of carbonyl (C=O) groups is 4. The molecule has 2 fully saturated rings. The summed E-state index contributed by atoms with van der Waals surface area (Å²) in [6.07, 6.45) is 3.91. The predicted octanol–water partition coefficient (Wildman–Crippen LogP) is 4.72. The molecule has 0 radical (unpaired) electrons. The highest BCUT2D eigenvalue weighted by atomic mass is 32.1. The minimum atomic E-state index is -1.96. The van der Waals surface area contributed by atoms with E-state index in [9.17, 15) is 28.7 Å². The van der Waals surface area contributed by atoms with Crippen molar-refractivity contribution < 1.29 is 38.5 Å². The lowest BCUT2D eigenvalue weighted by molar-refractivity contribution is -0.145. The smallest absolute Gasteiger partial charge is 0.404 e. The molecule has 14 heteroatoms. The van der Waals surface area contributed by atoms with Crippen molar-refractivity contribution in [3.05, 3.63) is 35.0 Å². The summed E-state index contributed by atoms with van der Waals surface area (Å²) >= 11 is 1.53. The molecule has 12 nitrogen and oxygen atoms in total. The van der Waals surface area contributed by atoms with E-state index in [1.54, 1.807) is 26.3 Å². The van der Waals surface area contributed by atoms with Crippen molar-refractivity contribution in [1.29, 1.82) is 0 Å². The number of aromatic nitrogens is 1. The molecule has 2 heterocycles. The zero-order valence-corrected chi connectivity index (χ0v) is 29.7. The summed E-state index contributed by atoms with van der Waals surface area (Å²) in [5.74, 6) is -1.18. The number of ether oxygens (including phenoxy) is 1. The summed E-state index contributed by atoms with van der Waals surface area (Å²) in [6.45, 7) is 8.21. The Kier molecular flexibility index (Phi) is 13.0. The van der Waals surface area contributed by atoms with Crippen molar-refractivity contribution in [2.75, 3.05) is 19.7 Å². The molecule has 5 N–H and O–H groups in total. The van der Waals surface area contributed by atoms with Gasteiger partial charge >= 0.3 is 6.09 Å². The first-order valence-electron chi connectivity index (χ1n) is 17.1. The van der Waals surface area contributed by atoms with Crippen molar-refractivity contribution in [3.8, 4) is 16.2 Å². The van der Waals surface area contributed by atoms with Crippen molar-refractivity contribution >= 4 is 35.2 Å². The summed E-state index contributed by atoms with van der Waals surface area (Å²) in [7, 11) is 0. The monoisotopic (exact) mass is 703 g/mol. The van der Waals surface area contributed by atoms with Crippen LogP contribution in [0, 0.1) is 12.3 Å². The highest BCUT2D eigenvalue weighted by molar-refractivity contribution is 7.13. The second-order valence-corrected chi connectivity index (χ2v) is 15.0. The first-order valence-corrected chi connectivity index (χ1v) is 18.0. The molecule has 49 heavy (non-hydrogen) atoms. The molecule has 1 aromatic carbocycles. The Morgan fingerprint density at radius 2 is 1.80 bits per heavy atom. The number of thiazole rings is 1. The van der Waals surface area contributed by atoms with E-state index in [4.69, 9.17) is 9.84 Å². The zero-order valence-electron chi connectivity index (χ0n) is 28.9. The number of aryl methyl sites for hydroxylation is 1. The molecule has 1 aliphatic carbocycles. The van der Waals surface area contributed by atoms with Crippen LogP contribution in [0.5, 0.6) is 5.75 Å². The van der Waals surface area contributed by atoms with Gasteiger partial charge in [0.05, 0.1) is 28.8 Å². The maximum absolute atomic E-state index is 14.5. The van der Waals surface area contributed by atoms with Crippen LogP contribution in [0.1, 0.15) is 89.8 Å². The second-order valence-electron chi connectivity index (χ2n) is 14.1. The number of benzene rings is 1. The molecule has 0 bridgehead atoms. The second kappa shape index (κ2) is 16.8. The van der Waals surface area contributed by atoms with Crippen LogP contribution >= 0.6 is 11.3 Å². The molecule has 1 aromatic heterocycles. The van der Waals surface area contributed by atoms with Crippen LogP contribution in [-0.2, 0) is 20.9 Å². The van der Waals surface area contributed by atoms with Crippen LogP contribution in [0.4, 0.5) is 9.18 Å². The standard InChI is InChI=1S/C35H50FN5O7S/c1-22-28(49-21-39-22)23-11-12-24(27(17-23)48-16-10-8-6-5-7-9-15-37-33(46)47)19-38-30(43)26-18-25(42)20-41(26)31(44)29(34(2,3)4)40-32(45)35(36)13-14-35/h11-12,17,21,25-26,29,37,42H,5-10,13-16,18-20H2,1-4H3,(H,38,43)(H,40,45)(H,46,47)/t25-,26+,29-/m1/s1. The predicted molar refractivity (Wildman–Crippen MR) is 184 cm³/mol. The molecule has 2 aliphatic rings. The minimum Gasteiger partial charge on any atom is -0.493 e. The number of carboxylic acid groups (broad SMARTS) is 1. The van der Waals surface area contributed by atoms with E-state index in [0.717, 1.165) is 60.2 Å². The molecule has 1 saturated heterocycles. The molecule has 270 valence electrons. The molecular weight excluding hydrogens is 653 g/mol. The van der Waals surface area contributed by atoms with Gasteiger partial charge in [-0.3, -0.25) is 14.4 Å². The fourth-order valence-electron chi connectivity index (χ4n) is 5.88. The van der Waals surface area contributed by atoms with Crippen LogP contribution in [0.25, 0.3) is 10.4 Å². The molecule has 1 aliphatic heterocycles. The van der Waals surface area contributed by atoms with Gasteiger partial charge in [0.25, 0.3) is 5.91 Å². The SMILES string of the molecule is Cc1ncsc1-c1ccc(CNC(=O)[C@@H]2C[C@@H](O)CN2C(=O)[C@@H](NC(=O)C2(F)CC2)C(C)(C)C)c(OCCCCCCCCNC(=O)O)c1. The normalized spacial score (nSPS) is 18.9. The molecule has 3 atom stereocenters. The Morgan fingerprint density at radius 1 is 1.10 bits per heavy atom. The number of nitrogens with zero attached hydrogens (tertiary/aromatic N) is 2. The number of halogens is 1.